The summed E-state index contributed by atoms with van der Waals surface area (Å²) < 4.78 is 6.33. The molecule has 6 aromatic carbocycles. The van der Waals surface area contributed by atoms with Crippen LogP contribution in [0.4, 0.5) is 34.1 Å². The second kappa shape index (κ2) is 14.7. The van der Waals surface area contributed by atoms with Gasteiger partial charge in [0.2, 0.25) is 0 Å². The molecule has 9 rings (SSSR count). The van der Waals surface area contributed by atoms with Gasteiger partial charge in [-0.25, -0.2) is 0 Å². The Balaban J connectivity index is 1.37. The van der Waals surface area contributed by atoms with Crippen molar-refractivity contribution in [2.75, 3.05) is 14.7 Å². The summed E-state index contributed by atoms with van der Waals surface area (Å²) in [5.41, 5.74) is 15.0. The largest absolute Gasteiger partial charge is 0.461 e. The minimum absolute atomic E-state index is 0.117. The summed E-state index contributed by atoms with van der Waals surface area (Å²) in [6.45, 7) is 14.3. The van der Waals surface area contributed by atoms with E-state index in [1.54, 1.807) is 0 Å². The first-order chi connectivity index (χ1) is 27.5. The second-order valence-electron chi connectivity index (χ2n) is 14.3. The lowest BCUT2D eigenvalue weighted by atomic mass is 9.32. The fourth-order valence-corrected chi connectivity index (χ4v) is 8.34. The van der Waals surface area contributed by atoms with Crippen LogP contribution in [0.25, 0.3) is 17.0 Å². The number of hydrogen-bond donors (Lipinski definition) is 0. The molecule has 56 heavy (non-hydrogen) atoms. The molecule has 2 aliphatic rings. The Morgan fingerprint density at radius 3 is 2.16 bits per heavy atom. The molecule has 0 unspecified atom stereocenters. The van der Waals surface area contributed by atoms with E-state index in [2.05, 4.69) is 179 Å². The summed E-state index contributed by atoms with van der Waals surface area (Å²) in [4.78, 5) is 7.10. The van der Waals surface area contributed by atoms with E-state index in [4.69, 9.17) is 17.6 Å². The van der Waals surface area contributed by atoms with Crippen LogP contribution in [0.1, 0.15) is 23.8 Å². The minimum atomic E-state index is -0.117. The van der Waals surface area contributed by atoms with Gasteiger partial charge in [0.05, 0.1) is 0 Å². The van der Waals surface area contributed by atoms with Crippen LogP contribution in [-0.4, -0.2) is 6.71 Å². The van der Waals surface area contributed by atoms with E-state index in [1.807, 2.05) is 31.2 Å². The Morgan fingerprint density at radius 1 is 0.732 bits per heavy atom. The zero-order valence-corrected chi connectivity index (χ0v) is 31.8. The number of fused-ring (bicyclic) bond motifs is 3. The van der Waals surface area contributed by atoms with E-state index >= 15 is 0 Å². The zero-order chi connectivity index (χ0) is 38.2. The van der Waals surface area contributed by atoms with Crippen molar-refractivity contribution in [2.24, 2.45) is 0 Å². The highest BCUT2D eigenvalue weighted by atomic mass is 16.3. The van der Waals surface area contributed by atoms with Crippen LogP contribution in [0.3, 0.4) is 0 Å². The third-order valence-corrected chi connectivity index (χ3v) is 10.9. The van der Waals surface area contributed by atoms with Crippen LogP contribution in [-0.2, 0) is 6.54 Å². The molecule has 0 atom stereocenters. The SMILES string of the molecule is C=C1/C(=C\c2c(C)oc3ccccc23)B2c3ccccc3N(C(=C)/C=C\C=C/C)c3cc(N(Cc4ccccc4)c4ccccc4)cc(c32)N1c1ccccc1. The monoisotopic (exact) mass is 723 g/mol. The molecule has 4 nitrogen and oxygen atoms in total. The van der Waals surface area contributed by atoms with E-state index in [0.29, 0.717) is 6.54 Å². The molecule has 0 saturated heterocycles. The minimum Gasteiger partial charge on any atom is -0.461 e. The van der Waals surface area contributed by atoms with Gasteiger partial charge in [0, 0.05) is 63.0 Å². The molecule has 5 heteroatoms. The molecule has 0 N–H and O–H groups in total. The van der Waals surface area contributed by atoms with Crippen LogP contribution < -0.4 is 25.6 Å². The molecule has 1 aromatic heterocycles. The maximum Gasteiger partial charge on any atom is 0.252 e. The molecule has 270 valence electrons. The van der Waals surface area contributed by atoms with E-state index in [1.165, 1.54) is 16.5 Å². The first kappa shape index (κ1) is 34.8. The van der Waals surface area contributed by atoms with Crippen LogP contribution in [0.15, 0.2) is 210 Å². The maximum absolute atomic E-state index is 6.33. The molecule has 0 saturated carbocycles. The zero-order valence-electron chi connectivity index (χ0n) is 31.8. The summed E-state index contributed by atoms with van der Waals surface area (Å²) in [5, 5.41) is 1.09. The lowest BCUT2D eigenvalue weighted by molar-refractivity contribution is 0.577. The fraction of sp³-hybridized carbons (Fsp3) is 0.0588. The highest BCUT2D eigenvalue weighted by Gasteiger charge is 2.45. The van der Waals surface area contributed by atoms with Crippen molar-refractivity contribution in [3.8, 4) is 0 Å². The second-order valence-corrected chi connectivity index (χ2v) is 14.3. The molecule has 7 aromatic rings. The van der Waals surface area contributed by atoms with Gasteiger partial charge < -0.3 is 19.1 Å². The van der Waals surface area contributed by atoms with Gasteiger partial charge in [-0.3, -0.25) is 0 Å². The average Bonchev–Trinajstić information content (AvgIpc) is 3.56. The highest BCUT2D eigenvalue weighted by Crippen LogP contribution is 2.47. The summed E-state index contributed by atoms with van der Waals surface area (Å²) in [6.07, 6.45) is 10.6. The van der Waals surface area contributed by atoms with E-state index in [0.717, 1.165) is 73.3 Å². The Hall–Kier alpha value is -6.98. The van der Waals surface area contributed by atoms with Gasteiger partial charge in [0.1, 0.15) is 11.3 Å². The molecule has 3 heterocycles. The van der Waals surface area contributed by atoms with Gasteiger partial charge in [-0.05, 0) is 90.4 Å². The van der Waals surface area contributed by atoms with E-state index in [-0.39, 0.29) is 6.71 Å². The Labute approximate surface area is 330 Å². The first-order valence-corrected chi connectivity index (χ1v) is 19.2. The smallest absolute Gasteiger partial charge is 0.252 e. The Morgan fingerprint density at radius 2 is 1.39 bits per heavy atom. The van der Waals surface area contributed by atoms with Crippen molar-refractivity contribution in [3.05, 3.63) is 223 Å². The molecular weight excluding hydrogens is 681 g/mol. The van der Waals surface area contributed by atoms with Crippen molar-refractivity contribution < 1.29 is 4.42 Å². The Kier molecular flexibility index (Phi) is 9.12. The summed E-state index contributed by atoms with van der Waals surface area (Å²) >= 11 is 0. The predicted octanol–water partition coefficient (Wildman–Crippen LogP) is 12.1. The topological polar surface area (TPSA) is 22.9 Å². The lowest BCUT2D eigenvalue weighted by Crippen LogP contribution is -2.57. The van der Waals surface area contributed by atoms with Gasteiger partial charge in [-0.1, -0.05) is 141 Å². The number of furan rings is 1. The standard InChI is InChI=1S/C51H42BN3O/c1-5-6-10-21-36(2)54-47-30-19-18-29-45(47)52-46(34-44-38(4)56-50-31-20-17-28-43(44)50)37(3)55(41-26-15-9-16-27-41)49-33-42(32-48(54)51(49)52)53(40-24-13-8-14-25-40)35-39-22-11-7-12-23-39/h5-34H,2-3,35H2,1,4H3/b6-5-,21-10-,46-34+. The molecule has 0 spiro atoms. The van der Waals surface area contributed by atoms with E-state index in [9.17, 15) is 0 Å². The molecule has 0 fully saturated rings. The summed E-state index contributed by atoms with van der Waals surface area (Å²) in [5.74, 6) is 0.881. The first-order valence-electron chi connectivity index (χ1n) is 19.2. The van der Waals surface area contributed by atoms with Crippen LogP contribution in [0.5, 0.6) is 0 Å². The molecule has 0 aliphatic carbocycles. The number of nitrogens with zero attached hydrogens (tertiary/aromatic N) is 3. The van der Waals surface area contributed by atoms with Gasteiger partial charge in [0.15, 0.2) is 0 Å². The normalized spacial score (nSPS) is 14.2. The van der Waals surface area contributed by atoms with Gasteiger partial charge >= 0.3 is 0 Å². The molecule has 0 amide bonds. The van der Waals surface area contributed by atoms with Crippen molar-refractivity contribution in [2.45, 2.75) is 20.4 Å². The van der Waals surface area contributed by atoms with Gasteiger partial charge in [-0.2, -0.15) is 0 Å². The number of rotatable bonds is 9. The van der Waals surface area contributed by atoms with Crippen LogP contribution in [0, 0.1) is 6.92 Å². The molecule has 0 bridgehead atoms. The number of aryl methyl sites for hydroxylation is 1. The quantitative estimate of drug-likeness (QED) is 0.109. The fourth-order valence-electron chi connectivity index (χ4n) is 8.34. The highest BCUT2D eigenvalue weighted by molar-refractivity contribution is 6.96. The molecule has 2 aliphatic heterocycles. The van der Waals surface area contributed by atoms with Crippen molar-refractivity contribution in [1.29, 1.82) is 0 Å². The number of hydrogen-bond acceptors (Lipinski definition) is 4. The van der Waals surface area contributed by atoms with Crippen LogP contribution in [0.2, 0.25) is 0 Å². The van der Waals surface area contributed by atoms with Crippen molar-refractivity contribution >= 4 is 68.8 Å². The lowest BCUT2D eigenvalue weighted by Gasteiger charge is -2.46. The maximum atomic E-state index is 6.33. The molecular formula is C51H42BN3O. The van der Waals surface area contributed by atoms with Crippen LogP contribution >= 0.6 is 0 Å². The van der Waals surface area contributed by atoms with Gasteiger partial charge in [0.25, 0.3) is 6.71 Å². The van der Waals surface area contributed by atoms with Gasteiger partial charge in [-0.15, -0.1) is 0 Å². The predicted molar refractivity (Wildman–Crippen MR) is 239 cm³/mol. The number of allylic oxidation sites excluding steroid dienone is 5. The number of benzene rings is 6. The van der Waals surface area contributed by atoms with Crippen molar-refractivity contribution in [1.82, 2.24) is 0 Å². The summed E-state index contributed by atoms with van der Waals surface area (Å²) in [7, 11) is 0. The molecule has 0 radical (unpaired) electrons. The number of anilines is 6. The number of para-hydroxylation sites is 4. The summed E-state index contributed by atoms with van der Waals surface area (Å²) in [6, 6.07) is 53.8. The van der Waals surface area contributed by atoms with Crippen molar-refractivity contribution in [3.63, 3.8) is 0 Å². The Bertz CT molecular complexity index is 2690. The van der Waals surface area contributed by atoms with E-state index < -0.39 is 0 Å². The third kappa shape index (κ3) is 6.08. The third-order valence-electron chi connectivity index (χ3n) is 10.9. The average molecular weight is 724 g/mol.